The second-order valence-electron chi connectivity index (χ2n) is 3.80. The highest BCUT2D eigenvalue weighted by molar-refractivity contribution is 7.99. The molecule has 0 amide bonds. The number of hydrogen-bond acceptors (Lipinski definition) is 4. The van der Waals surface area contributed by atoms with Gasteiger partial charge in [0.25, 0.3) is 0 Å². The third-order valence-corrected chi connectivity index (χ3v) is 3.51. The number of aldehydes is 1. The molecule has 0 spiro atoms. The summed E-state index contributed by atoms with van der Waals surface area (Å²) >= 11 is 1.80. The molecule has 4 heteroatoms. The van der Waals surface area contributed by atoms with Crippen LogP contribution in [0.5, 0.6) is 0 Å². The molecule has 0 saturated carbocycles. The molecule has 0 aromatic carbocycles. The van der Waals surface area contributed by atoms with E-state index < -0.39 is 12.1 Å². The highest BCUT2D eigenvalue weighted by atomic mass is 32.2. The Labute approximate surface area is 90.7 Å². The lowest BCUT2D eigenvalue weighted by molar-refractivity contribution is -0.112. The molecule has 0 aromatic heterocycles. The summed E-state index contributed by atoms with van der Waals surface area (Å²) in [6.07, 6.45) is 0.171. The Morgan fingerprint density at radius 3 is 2.36 bits per heavy atom. The third kappa shape index (κ3) is 4.98. The van der Waals surface area contributed by atoms with Crippen LogP contribution in [-0.4, -0.2) is 41.6 Å². The van der Waals surface area contributed by atoms with Gasteiger partial charge in [-0.3, -0.25) is 0 Å². The van der Waals surface area contributed by atoms with E-state index in [9.17, 15) is 9.90 Å². The van der Waals surface area contributed by atoms with Crippen LogP contribution in [0, 0.1) is 5.92 Å². The van der Waals surface area contributed by atoms with Gasteiger partial charge < -0.3 is 15.2 Å². The fourth-order valence-electron chi connectivity index (χ4n) is 1.12. The van der Waals surface area contributed by atoms with Crippen molar-refractivity contribution in [3.63, 3.8) is 0 Å². The molecular weight excluding hydrogens is 198 g/mol. The molecule has 0 radical (unpaired) electrons. The maximum absolute atomic E-state index is 10.6. The van der Waals surface area contributed by atoms with E-state index in [2.05, 4.69) is 19.2 Å². The monoisotopic (exact) mass is 219 g/mol. The summed E-state index contributed by atoms with van der Waals surface area (Å²) in [7, 11) is 1.69. The van der Waals surface area contributed by atoms with Crippen molar-refractivity contribution < 1.29 is 9.90 Å². The fraction of sp³-hybridized carbons (Fsp3) is 0.900. The van der Waals surface area contributed by atoms with Crippen molar-refractivity contribution in [1.29, 1.82) is 0 Å². The smallest absolute Gasteiger partial charge is 0.139 e. The number of carbonyl (C=O) groups is 1. The standard InChI is InChI=1S/C10H21NO2S/c1-7(2)14-6-8(3)10(13)9(5-12)11-4/h5,7-11,13H,6H2,1-4H3/t8-,9-,10?/m1/s1. The predicted molar refractivity (Wildman–Crippen MR) is 61.7 cm³/mol. The first-order valence-electron chi connectivity index (χ1n) is 4.95. The summed E-state index contributed by atoms with van der Waals surface area (Å²) in [6, 6.07) is -0.447. The molecule has 0 aliphatic carbocycles. The molecule has 14 heavy (non-hydrogen) atoms. The zero-order valence-corrected chi connectivity index (χ0v) is 10.2. The Bertz CT molecular complexity index is 164. The molecule has 84 valence electrons. The Balaban J connectivity index is 3.96. The Hall–Kier alpha value is -0.0600. The summed E-state index contributed by atoms with van der Waals surface area (Å²) < 4.78 is 0. The van der Waals surface area contributed by atoms with Gasteiger partial charge in [0.2, 0.25) is 0 Å². The normalized spacial score (nSPS) is 17.9. The lowest BCUT2D eigenvalue weighted by Gasteiger charge is -2.23. The molecule has 0 aliphatic rings. The van der Waals surface area contributed by atoms with Gasteiger partial charge in [-0.05, 0) is 24.0 Å². The van der Waals surface area contributed by atoms with Gasteiger partial charge in [-0.25, -0.2) is 0 Å². The van der Waals surface area contributed by atoms with Crippen molar-refractivity contribution in [2.45, 2.75) is 38.2 Å². The third-order valence-electron chi connectivity index (χ3n) is 2.12. The van der Waals surface area contributed by atoms with Gasteiger partial charge in [0.05, 0.1) is 12.1 Å². The van der Waals surface area contributed by atoms with E-state index in [1.54, 1.807) is 18.8 Å². The van der Waals surface area contributed by atoms with Crippen LogP contribution < -0.4 is 5.32 Å². The van der Waals surface area contributed by atoms with Crippen LogP contribution in [0.1, 0.15) is 20.8 Å². The first-order chi connectivity index (χ1) is 6.52. The van der Waals surface area contributed by atoms with Gasteiger partial charge in [0.1, 0.15) is 6.29 Å². The van der Waals surface area contributed by atoms with Crippen LogP contribution in [0.25, 0.3) is 0 Å². The second kappa shape index (κ2) is 7.26. The molecule has 0 fully saturated rings. The van der Waals surface area contributed by atoms with Crippen molar-refractivity contribution in [2.75, 3.05) is 12.8 Å². The van der Waals surface area contributed by atoms with Gasteiger partial charge in [-0.15, -0.1) is 0 Å². The minimum Gasteiger partial charge on any atom is -0.391 e. The molecular formula is C10H21NO2S. The second-order valence-corrected chi connectivity index (χ2v) is 5.41. The molecule has 0 aliphatic heterocycles. The van der Waals surface area contributed by atoms with Crippen molar-refractivity contribution in [2.24, 2.45) is 5.92 Å². The number of rotatable bonds is 7. The van der Waals surface area contributed by atoms with Crippen molar-refractivity contribution in [3.05, 3.63) is 0 Å². The van der Waals surface area contributed by atoms with E-state index in [0.29, 0.717) is 5.25 Å². The number of aliphatic hydroxyl groups excluding tert-OH is 1. The van der Waals surface area contributed by atoms with E-state index in [1.165, 1.54) is 0 Å². The van der Waals surface area contributed by atoms with Gasteiger partial charge in [0.15, 0.2) is 0 Å². The maximum Gasteiger partial charge on any atom is 0.139 e. The summed E-state index contributed by atoms with van der Waals surface area (Å²) in [4.78, 5) is 10.6. The molecule has 0 bridgehead atoms. The molecule has 0 aromatic rings. The van der Waals surface area contributed by atoms with Crippen LogP contribution in [0.3, 0.4) is 0 Å². The van der Waals surface area contributed by atoms with Gasteiger partial charge >= 0.3 is 0 Å². The average molecular weight is 219 g/mol. The number of carbonyl (C=O) groups excluding carboxylic acids is 1. The quantitative estimate of drug-likeness (QED) is 0.625. The lowest BCUT2D eigenvalue weighted by atomic mass is 10.0. The van der Waals surface area contributed by atoms with E-state index >= 15 is 0 Å². The van der Waals surface area contributed by atoms with Crippen LogP contribution >= 0.6 is 11.8 Å². The van der Waals surface area contributed by atoms with E-state index in [4.69, 9.17) is 0 Å². The number of hydrogen-bond donors (Lipinski definition) is 2. The van der Waals surface area contributed by atoms with Crippen molar-refractivity contribution in [3.8, 4) is 0 Å². The first kappa shape index (κ1) is 13.9. The van der Waals surface area contributed by atoms with Gasteiger partial charge in [0, 0.05) is 0 Å². The molecule has 1 unspecified atom stereocenters. The minimum atomic E-state index is -0.594. The van der Waals surface area contributed by atoms with Gasteiger partial charge in [-0.2, -0.15) is 11.8 Å². The first-order valence-corrected chi connectivity index (χ1v) is 6.00. The maximum atomic E-state index is 10.6. The van der Waals surface area contributed by atoms with Crippen molar-refractivity contribution >= 4 is 18.0 Å². The predicted octanol–water partition coefficient (Wildman–Crippen LogP) is 0.912. The lowest BCUT2D eigenvalue weighted by Crippen LogP contribution is -2.43. The number of likely N-dealkylation sites (N-methyl/N-ethyl adjacent to an activating group) is 1. The van der Waals surface area contributed by atoms with E-state index in [-0.39, 0.29) is 5.92 Å². The number of aliphatic hydroxyl groups is 1. The molecule has 3 atom stereocenters. The SMILES string of the molecule is CN[C@H](C=O)C(O)[C@H](C)CSC(C)C. The molecule has 3 nitrogen and oxygen atoms in total. The fourth-order valence-corrected chi connectivity index (χ4v) is 2.00. The van der Waals surface area contributed by atoms with Crippen LogP contribution in [0.4, 0.5) is 0 Å². The van der Waals surface area contributed by atoms with Crippen LogP contribution in [0.2, 0.25) is 0 Å². The van der Waals surface area contributed by atoms with E-state index in [0.717, 1.165) is 12.0 Å². The molecule has 0 rings (SSSR count). The Kier molecular flexibility index (Phi) is 7.23. The molecule has 0 saturated heterocycles. The van der Waals surface area contributed by atoms with E-state index in [1.807, 2.05) is 6.92 Å². The number of nitrogens with one attached hydrogen (secondary N) is 1. The van der Waals surface area contributed by atoms with Crippen molar-refractivity contribution in [1.82, 2.24) is 5.32 Å². The molecule has 0 heterocycles. The summed E-state index contributed by atoms with van der Waals surface area (Å²) in [5.74, 6) is 1.01. The zero-order chi connectivity index (χ0) is 11.1. The Morgan fingerprint density at radius 1 is 1.43 bits per heavy atom. The topological polar surface area (TPSA) is 49.3 Å². The highest BCUT2D eigenvalue weighted by Gasteiger charge is 2.22. The minimum absolute atomic E-state index is 0.130. The average Bonchev–Trinajstić information content (AvgIpc) is 2.15. The Morgan fingerprint density at radius 2 is 2.00 bits per heavy atom. The number of thioether (sulfide) groups is 1. The van der Waals surface area contributed by atoms with Crippen LogP contribution in [-0.2, 0) is 4.79 Å². The summed E-state index contributed by atoms with van der Waals surface area (Å²) in [5.41, 5.74) is 0. The van der Waals surface area contributed by atoms with Gasteiger partial charge in [-0.1, -0.05) is 20.8 Å². The van der Waals surface area contributed by atoms with Crippen LogP contribution in [0.15, 0.2) is 0 Å². The molecule has 2 N–H and O–H groups in total. The largest absolute Gasteiger partial charge is 0.391 e. The zero-order valence-electron chi connectivity index (χ0n) is 9.36. The summed E-state index contributed by atoms with van der Waals surface area (Å²) in [6.45, 7) is 6.21. The summed E-state index contributed by atoms with van der Waals surface area (Å²) in [5, 5.41) is 13.1. The highest BCUT2D eigenvalue weighted by Crippen LogP contribution is 2.17.